The van der Waals surface area contributed by atoms with E-state index in [1.54, 1.807) is 6.07 Å². The molecule has 0 aliphatic rings. The van der Waals surface area contributed by atoms with E-state index < -0.39 is 11.7 Å². The summed E-state index contributed by atoms with van der Waals surface area (Å²) in [5.41, 5.74) is 1.21. The third-order valence-electron chi connectivity index (χ3n) is 2.99. The van der Waals surface area contributed by atoms with Crippen molar-refractivity contribution in [2.45, 2.75) is 0 Å². The Morgan fingerprint density at radius 1 is 1.17 bits per heavy atom. The number of amides is 1. The van der Waals surface area contributed by atoms with Gasteiger partial charge in [0.2, 0.25) is 5.89 Å². The summed E-state index contributed by atoms with van der Waals surface area (Å²) < 4.78 is 18.5. The van der Waals surface area contributed by atoms with Crippen LogP contribution in [0.4, 0.5) is 10.4 Å². The number of aromatic nitrogens is 2. The van der Waals surface area contributed by atoms with Gasteiger partial charge in [-0.3, -0.25) is 10.1 Å². The van der Waals surface area contributed by atoms with Gasteiger partial charge in [0.05, 0.1) is 11.6 Å². The minimum absolute atomic E-state index is 0.0969. The first kappa shape index (κ1) is 14.4. The largest absolute Gasteiger partial charge is 0.403 e. The van der Waals surface area contributed by atoms with Crippen molar-refractivity contribution in [1.29, 1.82) is 5.26 Å². The number of anilines is 1. The first-order chi connectivity index (χ1) is 11.2. The molecule has 0 saturated carbocycles. The van der Waals surface area contributed by atoms with E-state index in [9.17, 15) is 9.18 Å². The van der Waals surface area contributed by atoms with Crippen molar-refractivity contribution in [2.24, 2.45) is 0 Å². The van der Waals surface area contributed by atoms with E-state index >= 15 is 0 Å². The molecule has 0 saturated heterocycles. The van der Waals surface area contributed by atoms with Crippen LogP contribution in [0.2, 0.25) is 0 Å². The lowest BCUT2D eigenvalue weighted by molar-refractivity contribution is 0.102. The average Bonchev–Trinajstić information content (AvgIpc) is 3.03. The maximum atomic E-state index is 13.2. The summed E-state index contributed by atoms with van der Waals surface area (Å²) in [6.07, 6.45) is 0. The Bertz CT molecular complexity index is 897. The summed E-state index contributed by atoms with van der Waals surface area (Å²) in [4.78, 5) is 12.0. The highest BCUT2D eigenvalue weighted by atomic mass is 19.1. The number of carbonyl (C=O) groups excluding carboxylic acids is 1. The lowest BCUT2D eigenvalue weighted by Gasteiger charge is -2.00. The smallest absolute Gasteiger partial charge is 0.322 e. The first-order valence-corrected chi connectivity index (χ1v) is 6.56. The van der Waals surface area contributed by atoms with Crippen LogP contribution in [-0.4, -0.2) is 16.1 Å². The zero-order valence-electron chi connectivity index (χ0n) is 11.7. The van der Waals surface area contributed by atoms with Crippen LogP contribution in [0, 0.1) is 17.1 Å². The third-order valence-corrected chi connectivity index (χ3v) is 2.99. The van der Waals surface area contributed by atoms with Crippen LogP contribution in [0.3, 0.4) is 0 Å². The molecule has 7 heteroatoms. The van der Waals surface area contributed by atoms with Gasteiger partial charge in [0.15, 0.2) is 0 Å². The van der Waals surface area contributed by atoms with Gasteiger partial charge >= 0.3 is 6.01 Å². The fourth-order valence-corrected chi connectivity index (χ4v) is 1.88. The molecular formula is C16H9FN4O2. The van der Waals surface area contributed by atoms with Crippen LogP contribution in [0.25, 0.3) is 11.5 Å². The van der Waals surface area contributed by atoms with Gasteiger partial charge in [-0.25, -0.2) is 4.39 Å². The van der Waals surface area contributed by atoms with Gasteiger partial charge in [0, 0.05) is 11.1 Å². The van der Waals surface area contributed by atoms with Gasteiger partial charge < -0.3 is 4.42 Å². The summed E-state index contributed by atoms with van der Waals surface area (Å²) in [5.74, 6) is -0.785. The molecule has 0 fully saturated rings. The highest BCUT2D eigenvalue weighted by Crippen LogP contribution is 2.20. The number of hydrogen-bond donors (Lipinski definition) is 1. The quantitative estimate of drug-likeness (QED) is 0.803. The van der Waals surface area contributed by atoms with Crippen molar-refractivity contribution in [3.63, 3.8) is 0 Å². The van der Waals surface area contributed by atoms with E-state index in [0.29, 0.717) is 16.7 Å². The molecule has 3 aromatic rings. The van der Waals surface area contributed by atoms with Crippen LogP contribution >= 0.6 is 0 Å². The summed E-state index contributed by atoms with van der Waals surface area (Å²) in [7, 11) is 0. The van der Waals surface area contributed by atoms with Gasteiger partial charge in [0.1, 0.15) is 5.82 Å². The topological polar surface area (TPSA) is 91.8 Å². The molecule has 1 aromatic heterocycles. The first-order valence-electron chi connectivity index (χ1n) is 6.56. The summed E-state index contributed by atoms with van der Waals surface area (Å²) in [6.45, 7) is 0. The van der Waals surface area contributed by atoms with E-state index in [2.05, 4.69) is 15.5 Å². The predicted octanol–water partition coefficient (Wildman–Crippen LogP) is 3.00. The Labute approximate surface area is 130 Å². The lowest BCUT2D eigenvalue weighted by Crippen LogP contribution is -2.11. The normalized spacial score (nSPS) is 10.1. The molecule has 1 N–H and O–H groups in total. The fraction of sp³-hybridized carbons (Fsp3) is 0. The van der Waals surface area contributed by atoms with Crippen LogP contribution < -0.4 is 5.32 Å². The molecule has 0 spiro atoms. The Kier molecular flexibility index (Phi) is 3.80. The minimum atomic E-state index is -0.455. The SMILES string of the molecule is N#Cc1ccc(C(=O)Nc2nnc(-c3cccc(F)c3)o2)cc1. The fourth-order valence-electron chi connectivity index (χ4n) is 1.88. The summed E-state index contributed by atoms with van der Waals surface area (Å²) in [6, 6.07) is 13.6. The molecule has 0 unspecified atom stereocenters. The number of carbonyl (C=O) groups is 1. The standard InChI is InChI=1S/C16H9FN4O2/c17-13-3-1-2-12(8-13)15-20-21-16(23-15)19-14(22)11-6-4-10(9-18)5-7-11/h1-8H,(H,19,21,22). The molecule has 3 rings (SSSR count). The molecule has 6 nitrogen and oxygen atoms in total. The van der Waals surface area contributed by atoms with Crippen molar-refractivity contribution in [1.82, 2.24) is 10.2 Å². The van der Waals surface area contributed by atoms with Crippen LogP contribution in [0.5, 0.6) is 0 Å². The van der Waals surface area contributed by atoms with Gasteiger partial charge in [-0.15, -0.1) is 5.10 Å². The molecule has 1 amide bonds. The highest BCUT2D eigenvalue weighted by Gasteiger charge is 2.13. The Hall–Kier alpha value is -3.53. The van der Waals surface area contributed by atoms with Crippen molar-refractivity contribution < 1.29 is 13.6 Å². The Morgan fingerprint density at radius 2 is 1.96 bits per heavy atom. The third kappa shape index (κ3) is 3.22. The molecular weight excluding hydrogens is 299 g/mol. The van der Waals surface area contributed by atoms with Gasteiger partial charge in [-0.05, 0) is 42.5 Å². The maximum Gasteiger partial charge on any atom is 0.322 e. The van der Waals surface area contributed by atoms with E-state index in [-0.39, 0.29) is 11.9 Å². The molecule has 2 aromatic carbocycles. The number of nitriles is 1. The molecule has 1 heterocycles. The van der Waals surface area contributed by atoms with Crippen LogP contribution in [-0.2, 0) is 0 Å². The van der Waals surface area contributed by atoms with E-state index in [0.717, 1.165) is 0 Å². The number of rotatable bonds is 3. The van der Waals surface area contributed by atoms with Gasteiger partial charge in [0.25, 0.3) is 5.91 Å². The van der Waals surface area contributed by atoms with Crippen molar-refractivity contribution in [2.75, 3.05) is 5.32 Å². The molecule has 0 bridgehead atoms. The zero-order valence-corrected chi connectivity index (χ0v) is 11.7. The van der Waals surface area contributed by atoms with E-state index in [1.807, 2.05) is 6.07 Å². The van der Waals surface area contributed by atoms with E-state index in [4.69, 9.17) is 9.68 Å². The maximum absolute atomic E-state index is 13.2. The number of hydrogen-bond acceptors (Lipinski definition) is 5. The molecule has 0 aliphatic carbocycles. The monoisotopic (exact) mass is 308 g/mol. The number of nitrogens with one attached hydrogen (secondary N) is 1. The minimum Gasteiger partial charge on any atom is -0.403 e. The molecule has 23 heavy (non-hydrogen) atoms. The average molecular weight is 308 g/mol. The second-order valence-electron chi connectivity index (χ2n) is 4.57. The molecule has 0 atom stereocenters. The number of halogens is 1. The molecule has 0 radical (unpaired) electrons. The predicted molar refractivity (Wildman–Crippen MR) is 78.8 cm³/mol. The second kappa shape index (κ2) is 6.07. The molecule has 112 valence electrons. The van der Waals surface area contributed by atoms with Crippen LogP contribution in [0.15, 0.2) is 52.9 Å². The zero-order chi connectivity index (χ0) is 16.2. The van der Waals surface area contributed by atoms with Gasteiger partial charge in [-0.1, -0.05) is 11.2 Å². The van der Waals surface area contributed by atoms with E-state index in [1.165, 1.54) is 42.5 Å². The van der Waals surface area contributed by atoms with Crippen molar-refractivity contribution in [3.05, 3.63) is 65.5 Å². The van der Waals surface area contributed by atoms with Crippen LogP contribution in [0.1, 0.15) is 15.9 Å². The van der Waals surface area contributed by atoms with Gasteiger partial charge in [-0.2, -0.15) is 5.26 Å². The Morgan fingerprint density at radius 3 is 2.65 bits per heavy atom. The summed E-state index contributed by atoms with van der Waals surface area (Å²) in [5, 5.41) is 18.6. The number of nitrogens with zero attached hydrogens (tertiary/aromatic N) is 3. The second-order valence-corrected chi connectivity index (χ2v) is 4.57. The lowest BCUT2D eigenvalue weighted by atomic mass is 10.1. The Balaban J connectivity index is 1.76. The number of benzene rings is 2. The molecule has 0 aliphatic heterocycles. The van der Waals surface area contributed by atoms with Crippen molar-refractivity contribution in [3.8, 4) is 17.5 Å². The van der Waals surface area contributed by atoms with Crippen molar-refractivity contribution >= 4 is 11.9 Å². The highest BCUT2D eigenvalue weighted by molar-refractivity contribution is 6.03. The summed E-state index contributed by atoms with van der Waals surface area (Å²) >= 11 is 0.